The first kappa shape index (κ1) is 19.8. The average molecular weight is 398 g/mol. The standard InChI is InChI=1S/C21H31N7O/c1-13-14(2)24-19(21(29)26(4)5)25-20(13)27-9-8-17(12-27)23-15(3)16-10-22-28(11-16)18-6-7-18/h10-11,15,17-18,23H,6-9,12H2,1-5H3/t15?,17-/m1/s1. The molecule has 2 aromatic heterocycles. The van der Waals surface area contributed by atoms with E-state index in [1.54, 1.807) is 14.1 Å². The lowest BCUT2D eigenvalue weighted by atomic mass is 10.1. The van der Waals surface area contributed by atoms with Gasteiger partial charge < -0.3 is 15.1 Å². The van der Waals surface area contributed by atoms with E-state index in [2.05, 4.69) is 43.1 Å². The second-order valence-electron chi connectivity index (χ2n) is 8.59. The summed E-state index contributed by atoms with van der Waals surface area (Å²) in [6, 6.07) is 1.24. The van der Waals surface area contributed by atoms with Crippen molar-refractivity contribution in [3.63, 3.8) is 0 Å². The zero-order valence-electron chi connectivity index (χ0n) is 18.0. The van der Waals surface area contributed by atoms with Crippen LogP contribution in [0, 0.1) is 13.8 Å². The third-order valence-electron chi connectivity index (χ3n) is 5.98. The molecule has 1 N–H and O–H groups in total. The highest BCUT2D eigenvalue weighted by atomic mass is 16.2. The lowest BCUT2D eigenvalue weighted by Crippen LogP contribution is -2.35. The van der Waals surface area contributed by atoms with Gasteiger partial charge >= 0.3 is 0 Å². The fourth-order valence-electron chi connectivity index (χ4n) is 3.87. The predicted molar refractivity (Wildman–Crippen MR) is 112 cm³/mol. The minimum atomic E-state index is -0.162. The number of nitrogens with zero attached hydrogens (tertiary/aromatic N) is 6. The molecule has 0 bridgehead atoms. The van der Waals surface area contributed by atoms with Gasteiger partial charge in [-0.05, 0) is 40.0 Å². The van der Waals surface area contributed by atoms with E-state index in [0.29, 0.717) is 12.1 Å². The highest BCUT2D eigenvalue weighted by Crippen LogP contribution is 2.34. The van der Waals surface area contributed by atoms with Crippen LogP contribution in [-0.2, 0) is 0 Å². The first-order chi connectivity index (χ1) is 13.8. The molecule has 3 heterocycles. The Morgan fingerprint density at radius 2 is 2.00 bits per heavy atom. The van der Waals surface area contributed by atoms with Crippen LogP contribution in [0.5, 0.6) is 0 Å². The molecule has 1 aliphatic carbocycles. The summed E-state index contributed by atoms with van der Waals surface area (Å²) in [5.41, 5.74) is 3.14. The van der Waals surface area contributed by atoms with Crippen molar-refractivity contribution in [2.45, 2.75) is 58.2 Å². The highest BCUT2D eigenvalue weighted by Gasteiger charge is 2.29. The summed E-state index contributed by atoms with van der Waals surface area (Å²) >= 11 is 0. The quantitative estimate of drug-likeness (QED) is 0.805. The van der Waals surface area contributed by atoms with Gasteiger partial charge in [-0.1, -0.05) is 0 Å². The number of hydrogen-bond donors (Lipinski definition) is 1. The summed E-state index contributed by atoms with van der Waals surface area (Å²) in [5.74, 6) is 0.982. The van der Waals surface area contributed by atoms with E-state index in [0.717, 1.165) is 36.6 Å². The maximum Gasteiger partial charge on any atom is 0.291 e. The second kappa shape index (κ2) is 7.74. The van der Waals surface area contributed by atoms with Crippen LogP contribution in [0.3, 0.4) is 0 Å². The van der Waals surface area contributed by atoms with Gasteiger partial charge in [-0.2, -0.15) is 5.10 Å². The van der Waals surface area contributed by atoms with Crippen molar-refractivity contribution < 1.29 is 4.79 Å². The fourth-order valence-corrected chi connectivity index (χ4v) is 3.87. The van der Waals surface area contributed by atoms with Crippen LogP contribution >= 0.6 is 0 Å². The molecule has 1 aliphatic heterocycles. The smallest absolute Gasteiger partial charge is 0.291 e. The molecule has 4 rings (SSSR count). The Bertz CT molecular complexity index is 902. The first-order valence-corrected chi connectivity index (χ1v) is 10.5. The summed E-state index contributed by atoms with van der Waals surface area (Å²) in [7, 11) is 3.45. The Hall–Kier alpha value is -2.48. The predicted octanol–water partition coefficient (Wildman–Crippen LogP) is 2.26. The molecule has 2 fully saturated rings. The lowest BCUT2D eigenvalue weighted by Gasteiger charge is -2.23. The number of aromatic nitrogens is 4. The van der Waals surface area contributed by atoms with Gasteiger partial charge in [0.05, 0.1) is 12.2 Å². The number of anilines is 1. The van der Waals surface area contributed by atoms with Crippen molar-refractivity contribution in [1.29, 1.82) is 0 Å². The SMILES string of the molecule is Cc1nc(C(=O)N(C)C)nc(N2CC[C@@H](NC(C)c3cnn(C4CC4)c3)C2)c1C. The zero-order chi connectivity index (χ0) is 20.7. The van der Waals surface area contributed by atoms with Gasteiger partial charge in [0.15, 0.2) is 0 Å². The van der Waals surface area contributed by atoms with E-state index in [4.69, 9.17) is 0 Å². The molecule has 8 heteroatoms. The highest BCUT2D eigenvalue weighted by molar-refractivity contribution is 5.90. The number of carbonyl (C=O) groups is 1. The van der Waals surface area contributed by atoms with Gasteiger partial charge in [-0.15, -0.1) is 0 Å². The van der Waals surface area contributed by atoms with E-state index < -0.39 is 0 Å². The maximum atomic E-state index is 12.4. The molecule has 0 radical (unpaired) electrons. The minimum absolute atomic E-state index is 0.162. The third kappa shape index (κ3) is 4.12. The van der Waals surface area contributed by atoms with Gasteiger partial charge in [0, 0.05) is 62.3 Å². The lowest BCUT2D eigenvalue weighted by molar-refractivity contribution is 0.0815. The maximum absolute atomic E-state index is 12.4. The molecule has 29 heavy (non-hydrogen) atoms. The van der Waals surface area contributed by atoms with Gasteiger partial charge in [-0.3, -0.25) is 9.48 Å². The van der Waals surface area contributed by atoms with Crippen molar-refractivity contribution >= 4 is 11.7 Å². The molecule has 0 spiro atoms. The Balaban J connectivity index is 1.44. The molecule has 156 valence electrons. The van der Waals surface area contributed by atoms with Crippen molar-refractivity contribution in [1.82, 2.24) is 30.0 Å². The van der Waals surface area contributed by atoms with Crippen molar-refractivity contribution in [3.05, 3.63) is 35.0 Å². The average Bonchev–Trinajstić information content (AvgIpc) is 3.23. The van der Waals surface area contributed by atoms with Crippen LogP contribution in [0.1, 0.15) is 65.7 Å². The summed E-state index contributed by atoms with van der Waals surface area (Å²) in [6.07, 6.45) is 7.70. The van der Waals surface area contributed by atoms with Crippen LogP contribution in [-0.4, -0.2) is 63.8 Å². The van der Waals surface area contributed by atoms with E-state index >= 15 is 0 Å². The molecule has 2 atom stereocenters. The molecule has 0 aromatic carbocycles. The monoisotopic (exact) mass is 397 g/mol. The van der Waals surface area contributed by atoms with Crippen LogP contribution in [0.2, 0.25) is 0 Å². The molecule has 1 unspecified atom stereocenters. The Labute approximate surface area is 172 Å². The molecule has 2 aliphatic rings. The Morgan fingerprint density at radius 3 is 2.69 bits per heavy atom. The van der Waals surface area contributed by atoms with Gasteiger partial charge in [0.1, 0.15) is 5.82 Å². The number of carbonyl (C=O) groups excluding carboxylic acids is 1. The normalized spacial score (nSPS) is 20.2. The number of hydrogen-bond acceptors (Lipinski definition) is 6. The number of nitrogens with one attached hydrogen (secondary N) is 1. The van der Waals surface area contributed by atoms with Gasteiger partial charge in [0.2, 0.25) is 5.82 Å². The molecule has 1 saturated heterocycles. The number of amides is 1. The second-order valence-corrected chi connectivity index (χ2v) is 8.59. The summed E-state index contributed by atoms with van der Waals surface area (Å²) in [4.78, 5) is 25.2. The third-order valence-corrected chi connectivity index (χ3v) is 5.98. The minimum Gasteiger partial charge on any atom is -0.355 e. The first-order valence-electron chi connectivity index (χ1n) is 10.5. The van der Waals surface area contributed by atoms with Crippen molar-refractivity contribution in [2.75, 3.05) is 32.1 Å². The van der Waals surface area contributed by atoms with E-state index in [9.17, 15) is 4.79 Å². The van der Waals surface area contributed by atoms with Crippen molar-refractivity contribution in [3.8, 4) is 0 Å². The van der Waals surface area contributed by atoms with Crippen molar-refractivity contribution in [2.24, 2.45) is 0 Å². The topological polar surface area (TPSA) is 79.2 Å². The summed E-state index contributed by atoms with van der Waals surface area (Å²) < 4.78 is 2.10. The molecule has 8 nitrogen and oxygen atoms in total. The van der Waals surface area contributed by atoms with Gasteiger partial charge in [-0.25, -0.2) is 9.97 Å². The van der Waals surface area contributed by atoms with E-state index in [1.807, 2.05) is 20.0 Å². The number of aryl methyl sites for hydroxylation is 1. The van der Waals surface area contributed by atoms with Gasteiger partial charge in [0.25, 0.3) is 5.91 Å². The van der Waals surface area contributed by atoms with Crippen LogP contribution in [0.4, 0.5) is 5.82 Å². The molecule has 1 amide bonds. The van der Waals surface area contributed by atoms with Crippen LogP contribution < -0.4 is 10.2 Å². The molecular weight excluding hydrogens is 366 g/mol. The summed E-state index contributed by atoms with van der Waals surface area (Å²) in [6.45, 7) is 7.96. The van der Waals surface area contributed by atoms with E-state index in [-0.39, 0.29) is 17.8 Å². The summed E-state index contributed by atoms with van der Waals surface area (Å²) in [5, 5.41) is 8.26. The Morgan fingerprint density at radius 1 is 1.24 bits per heavy atom. The largest absolute Gasteiger partial charge is 0.355 e. The number of rotatable bonds is 6. The van der Waals surface area contributed by atoms with Crippen LogP contribution in [0.25, 0.3) is 0 Å². The molecular formula is C21H31N7O. The zero-order valence-corrected chi connectivity index (χ0v) is 18.0. The van der Waals surface area contributed by atoms with E-state index in [1.165, 1.54) is 23.3 Å². The fraction of sp³-hybridized carbons (Fsp3) is 0.619. The van der Waals surface area contributed by atoms with Crippen LogP contribution in [0.15, 0.2) is 12.4 Å². The Kier molecular flexibility index (Phi) is 5.29. The molecule has 2 aromatic rings. The molecule has 1 saturated carbocycles.